The van der Waals surface area contributed by atoms with Gasteiger partial charge in [-0.3, -0.25) is 14.2 Å². The lowest BCUT2D eigenvalue weighted by molar-refractivity contribution is -0.116. The van der Waals surface area contributed by atoms with Crippen LogP contribution in [0.3, 0.4) is 0 Å². The first-order valence-electron chi connectivity index (χ1n) is 10.5. The molecule has 4 rings (SSSR count). The van der Waals surface area contributed by atoms with Crippen molar-refractivity contribution in [3.8, 4) is 10.4 Å². The number of thiophene rings is 1. The monoisotopic (exact) mass is 431 g/mol. The molecule has 0 atom stereocenters. The lowest BCUT2D eigenvalue weighted by Crippen LogP contribution is -2.29. The van der Waals surface area contributed by atoms with Crippen molar-refractivity contribution in [3.63, 3.8) is 0 Å². The SMILES string of the molecule is CCCCc1ccc(NC(=O)Cn2c(C)nc3sc(-c4ccccc4)cc3c2=O)cc1. The number of fused-ring (bicyclic) bond motifs is 1. The normalized spacial score (nSPS) is 11.0. The second kappa shape index (κ2) is 9.27. The molecule has 0 fully saturated rings. The van der Waals surface area contributed by atoms with E-state index in [1.807, 2.05) is 60.7 Å². The van der Waals surface area contributed by atoms with Crippen LogP contribution in [-0.2, 0) is 17.8 Å². The molecular weight excluding hydrogens is 406 g/mol. The number of benzene rings is 2. The minimum absolute atomic E-state index is 0.0677. The van der Waals surface area contributed by atoms with Gasteiger partial charge in [0.1, 0.15) is 17.2 Å². The number of unbranched alkanes of at least 4 members (excludes halogenated alkanes) is 1. The molecule has 2 aromatic heterocycles. The van der Waals surface area contributed by atoms with Crippen LogP contribution in [0.5, 0.6) is 0 Å². The van der Waals surface area contributed by atoms with E-state index in [4.69, 9.17) is 0 Å². The summed E-state index contributed by atoms with van der Waals surface area (Å²) in [5, 5.41) is 3.43. The van der Waals surface area contributed by atoms with E-state index in [1.165, 1.54) is 21.5 Å². The van der Waals surface area contributed by atoms with E-state index < -0.39 is 0 Å². The maximum Gasteiger partial charge on any atom is 0.262 e. The van der Waals surface area contributed by atoms with Gasteiger partial charge in [-0.25, -0.2) is 4.98 Å². The summed E-state index contributed by atoms with van der Waals surface area (Å²) in [5.41, 5.74) is 2.85. The van der Waals surface area contributed by atoms with Crippen LogP contribution in [0.25, 0.3) is 20.7 Å². The van der Waals surface area contributed by atoms with Gasteiger partial charge >= 0.3 is 0 Å². The van der Waals surface area contributed by atoms with Crippen molar-refractivity contribution in [1.29, 1.82) is 0 Å². The predicted molar refractivity (Wildman–Crippen MR) is 128 cm³/mol. The zero-order chi connectivity index (χ0) is 21.8. The minimum Gasteiger partial charge on any atom is -0.325 e. The molecule has 0 unspecified atom stereocenters. The number of carbonyl (C=O) groups excluding carboxylic acids is 1. The Hall–Kier alpha value is -3.25. The Labute approximate surface area is 185 Å². The van der Waals surface area contributed by atoms with Crippen LogP contribution in [0, 0.1) is 6.92 Å². The standard InChI is InChI=1S/C25H25N3O2S/c1-3-4-8-18-11-13-20(14-12-18)27-23(29)16-28-17(2)26-24-21(25(28)30)15-22(31-24)19-9-6-5-7-10-19/h5-7,9-15H,3-4,8,16H2,1-2H3,(H,27,29). The number of rotatable bonds is 7. The van der Waals surface area contributed by atoms with Crippen molar-refractivity contribution in [2.75, 3.05) is 5.32 Å². The molecule has 0 bridgehead atoms. The number of nitrogens with zero attached hydrogens (tertiary/aromatic N) is 2. The van der Waals surface area contributed by atoms with Crippen molar-refractivity contribution in [2.45, 2.75) is 39.7 Å². The third-order valence-electron chi connectivity index (χ3n) is 5.26. The first kappa shape index (κ1) is 21.0. The Kier molecular flexibility index (Phi) is 6.28. The van der Waals surface area contributed by atoms with Gasteiger partial charge in [0.05, 0.1) is 5.39 Å². The lowest BCUT2D eigenvalue weighted by Gasteiger charge is -2.10. The number of aromatic nitrogens is 2. The number of carbonyl (C=O) groups is 1. The van der Waals surface area contributed by atoms with E-state index in [-0.39, 0.29) is 18.0 Å². The summed E-state index contributed by atoms with van der Waals surface area (Å²) in [6.45, 7) is 3.86. The summed E-state index contributed by atoms with van der Waals surface area (Å²) < 4.78 is 1.44. The molecule has 0 saturated carbocycles. The van der Waals surface area contributed by atoms with Crippen molar-refractivity contribution >= 4 is 33.1 Å². The largest absolute Gasteiger partial charge is 0.325 e. The molecule has 0 aliphatic heterocycles. The molecule has 158 valence electrons. The van der Waals surface area contributed by atoms with Crippen molar-refractivity contribution in [3.05, 3.63) is 82.4 Å². The van der Waals surface area contributed by atoms with E-state index in [9.17, 15) is 9.59 Å². The van der Waals surface area contributed by atoms with Crippen LogP contribution >= 0.6 is 11.3 Å². The molecule has 0 aliphatic carbocycles. The van der Waals surface area contributed by atoms with Gasteiger partial charge in [0.15, 0.2) is 0 Å². The van der Waals surface area contributed by atoms with Gasteiger partial charge in [0, 0.05) is 10.6 Å². The number of amides is 1. The van der Waals surface area contributed by atoms with Crippen molar-refractivity contribution < 1.29 is 4.79 Å². The van der Waals surface area contributed by atoms with Gasteiger partial charge in [-0.15, -0.1) is 11.3 Å². The summed E-state index contributed by atoms with van der Waals surface area (Å²) in [6, 6.07) is 19.7. The second-order valence-electron chi connectivity index (χ2n) is 7.59. The maximum absolute atomic E-state index is 13.1. The number of hydrogen-bond acceptors (Lipinski definition) is 4. The van der Waals surface area contributed by atoms with Gasteiger partial charge in [-0.2, -0.15) is 0 Å². The highest BCUT2D eigenvalue weighted by Crippen LogP contribution is 2.30. The fourth-order valence-electron chi connectivity index (χ4n) is 3.53. The number of nitrogens with one attached hydrogen (secondary N) is 1. The van der Waals surface area contributed by atoms with Gasteiger partial charge < -0.3 is 5.32 Å². The van der Waals surface area contributed by atoms with Gasteiger partial charge in [0.2, 0.25) is 5.91 Å². The van der Waals surface area contributed by atoms with E-state index in [0.717, 1.165) is 35.4 Å². The maximum atomic E-state index is 13.1. The molecule has 0 saturated heterocycles. The van der Waals surface area contributed by atoms with Crippen LogP contribution in [0.2, 0.25) is 0 Å². The highest BCUT2D eigenvalue weighted by molar-refractivity contribution is 7.21. The van der Waals surface area contributed by atoms with E-state index in [0.29, 0.717) is 16.0 Å². The second-order valence-corrected chi connectivity index (χ2v) is 8.63. The predicted octanol–water partition coefficient (Wildman–Crippen LogP) is 5.41. The Morgan fingerprint density at radius 2 is 1.84 bits per heavy atom. The zero-order valence-corrected chi connectivity index (χ0v) is 18.5. The molecule has 0 spiro atoms. The summed E-state index contributed by atoms with van der Waals surface area (Å²) in [4.78, 5) is 32.0. The topological polar surface area (TPSA) is 64.0 Å². The Balaban J connectivity index is 1.54. The highest BCUT2D eigenvalue weighted by atomic mass is 32.1. The number of aryl methyl sites for hydroxylation is 2. The third kappa shape index (κ3) is 4.75. The minimum atomic E-state index is -0.244. The van der Waals surface area contributed by atoms with Gasteiger partial charge in [-0.05, 0) is 49.1 Å². The van der Waals surface area contributed by atoms with E-state index >= 15 is 0 Å². The molecule has 1 N–H and O–H groups in total. The summed E-state index contributed by atoms with van der Waals surface area (Å²) >= 11 is 1.49. The molecule has 4 aromatic rings. The fraction of sp³-hybridized carbons (Fsp3) is 0.240. The quantitative estimate of drug-likeness (QED) is 0.425. The van der Waals surface area contributed by atoms with Crippen LogP contribution in [-0.4, -0.2) is 15.5 Å². The first-order chi connectivity index (χ1) is 15.0. The van der Waals surface area contributed by atoms with E-state index in [1.54, 1.807) is 6.92 Å². The Bertz CT molecular complexity index is 1260. The highest BCUT2D eigenvalue weighted by Gasteiger charge is 2.15. The Morgan fingerprint density at radius 1 is 1.10 bits per heavy atom. The molecule has 0 aliphatic rings. The van der Waals surface area contributed by atoms with Crippen LogP contribution in [0.4, 0.5) is 5.69 Å². The van der Waals surface area contributed by atoms with Gasteiger partial charge in [-0.1, -0.05) is 55.8 Å². The van der Waals surface area contributed by atoms with Gasteiger partial charge in [0.25, 0.3) is 5.56 Å². The molecule has 1 amide bonds. The molecular formula is C25H25N3O2S. The smallest absolute Gasteiger partial charge is 0.262 e. The molecule has 31 heavy (non-hydrogen) atoms. The third-order valence-corrected chi connectivity index (χ3v) is 6.34. The molecule has 2 aromatic carbocycles. The zero-order valence-electron chi connectivity index (χ0n) is 17.7. The number of hydrogen-bond donors (Lipinski definition) is 1. The van der Waals surface area contributed by atoms with Crippen LogP contribution < -0.4 is 10.9 Å². The van der Waals surface area contributed by atoms with Crippen LogP contribution in [0.1, 0.15) is 31.2 Å². The average Bonchev–Trinajstić information content (AvgIpc) is 3.21. The van der Waals surface area contributed by atoms with E-state index in [2.05, 4.69) is 17.2 Å². The summed E-state index contributed by atoms with van der Waals surface area (Å²) in [6.07, 6.45) is 3.34. The Morgan fingerprint density at radius 3 is 2.55 bits per heavy atom. The molecule has 0 radical (unpaired) electrons. The van der Waals surface area contributed by atoms with Crippen molar-refractivity contribution in [2.24, 2.45) is 0 Å². The first-order valence-corrected chi connectivity index (χ1v) is 11.3. The summed E-state index contributed by atoms with van der Waals surface area (Å²) in [7, 11) is 0. The molecule has 2 heterocycles. The van der Waals surface area contributed by atoms with Crippen LogP contribution in [0.15, 0.2) is 65.5 Å². The molecule has 5 nitrogen and oxygen atoms in total. The summed E-state index contributed by atoms with van der Waals surface area (Å²) in [5.74, 6) is 0.287. The lowest BCUT2D eigenvalue weighted by atomic mass is 10.1. The fourth-order valence-corrected chi connectivity index (χ4v) is 4.60. The average molecular weight is 432 g/mol. The van der Waals surface area contributed by atoms with Crippen molar-refractivity contribution in [1.82, 2.24) is 9.55 Å². The molecule has 6 heteroatoms. The number of anilines is 1.